The van der Waals surface area contributed by atoms with Crippen LogP contribution in [0.3, 0.4) is 0 Å². The van der Waals surface area contributed by atoms with Crippen LogP contribution in [0.1, 0.15) is 16.8 Å². The van der Waals surface area contributed by atoms with E-state index < -0.39 is 10.4 Å². The van der Waals surface area contributed by atoms with Gasteiger partial charge in [-0.25, -0.2) is 0 Å². The topological polar surface area (TPSA) is 155 Å². The summed E-state index contributed by atoms with van der Waals surface area (Å²) in [5, 5.41) is 6.69. The van der Waals surface area contributed by atoms with Crippen LogP contribution in [-0.4, -0.2) is 27.7 Å². The Morgan fingerprint density at radius 2 is 1.70 bits per heavy atom. The summed E-state index contributed by atoms with van der Waals surface area (Å²) in [7, 11) is -4.67. The molecule has 1 aromatic carbocycles. The monoisotopic (exact) mass is 300 g/mol. The maximum Gasteiger partial charge on any atom is 0.394 e. The van der Waals surface area contributed by atoms with Gasteiger partial charge in [-0.3, -0.25) is 14.2 Å². The molecule has 2 aromatic rings. The number of aryl methyl sites for hydroxylation is 1. The fourth-order valence-corrected chi connectivity index (χ4v) is 1.45. The molecule has 0 spiro atoms. The molecule has 0 unspecified atom stereocenters. The molecule has 7 N–H and O–H groups in total. The Morgan fingerprint density at radius 1 is 1.20 bits per heavy atom. The quantitative estimate of drug-likeness (QED) is 0.514. The van der Waals surface area contributed by atoms with Gasteiger partial charge in [0.15, 0.2) is 5.82 Å². The summed E-state index contributed by atoms with van der Waals surface area (Å²) in [5.41, 5.74) is 15.2. The third-order valence-corrected chi connectivity index (χ3v) is 2.41. The molecule has 1 heterocycles. The van der Waals surface area contributed by atoms with Crippen molar-refractivity contribution in [1.82, 2.24) is 10.2 Å². The zero-order valence-corrected chi connectivity index (χ0v) is 11.6. The SMILES string of the molecule is Cc1ccc(Cc2[nH]nc(N)c2N)cc1.O=S(=O)(O)O. The van der Waals surface area contributed by atoms with Gasteiger partial charge in [-0.15, -0.1) is 0 Å². The number of hydrogen-bond acceptors (Lipinski definition) is 5. The number of nitrogens with one attached hydrogen (secondary N) is 1. The van der Waals surface area contributed by atoms with Crippen molar-refractivity contribution in [2.45, 2.75) is 13.3 Å². The second kappa shape index (κ2) is 6.37. The van der Waals surface area contributed by atoms with Crippen molar-refractivity contribution in [2.75, 3.05) is 11.5 Å². The maximum absolute atomic E-state index is 8.74. The Labute approximate surface area is 116 Å². The standard InChI is InChI=1S/C11H14N4.H2O4S/c1-7-2-4-8(5-3-7)6-9-10(12)11(13)15-14-9;1-5(2,3)4/h2-5H,6,12H2,1H3,(H3,13,14,15);(H2,1,2,3,4). The predicted molar refractivity (Wildman–Crippen MR) is 75.6 cm³/mol. The number of H-pyrrole nitrogens is 1. The van der Waals surface area contributed by atoms with Gasteiger partial charge in [-0.2, -0.15) is 13.5 Å². The van der Waals surface area contributed by atoms with Gasteiger partial charge in [0.25, 0.3) is 0 Å². The van der Waals surface area contributed by atoms with Crippen molar-refractivity contribution in [3.05, 3.63) is 41.1 Å². The van der Waals surface area contributed by atoms with E-state index in [1.165, 1.54) is 11.1 Å². The second-order valence-electron chi connectivity index (χ2n) is 4.11. The van der Waals surface area contributed by atoms with Crippen LogP contribution >= 0.6 is 0 Å². The number of nitrogens with two attached hydrogens (primary N) is 2. The Kier molecular flexibility index (Phi) is 5.08. The van der Waals surface area contributed by atoms with Crippen LogP contribution in [0.4, 0.5) is 11.5 Å². The highest BCUT2D eigenvalue weighted by atomic mass is 32.3. The van der Waals surface area contributed by atoms with Crippen LogP contribution < -0.4 is 11.5 Å². The lowest BCUT2D eigenvalue weighted by Crippen LogP contribution is -1.96. The van der Waals surface area contributed by atoms with E-state index in [0.717, 1.165) is 12.1 Å². The summed E-state index contributed by atoms with van der Waals surface area (Å²) in [6.07, 6.45) is 0.732. The number of rotatable bonds is 2. The molecule has 0 aliphatic carbocycles. The van der Waals surface area contributed by atoms with Gasteiger partial charge < -0.3 is 11.5 Å². The van der Waals surface area contributed by atoms with Crippen molar-refractivity contribution < 1.29 is 17.5 Å². The molecule has 0 aliphatic heterocycles. The summed E-state index contributed by atoms with van der Waals surface area (Å²) in [5.74, 6) is 0.372. The fourth-order valence-electron chi connectivity index (χ4n) is 1.45. The lowest BCUT2D eigenvalue weighted by atomic mass is 10.1. The lowest BCUT2D eigenvalue weighted by Gasteiger charge is -2.00. The molecule has 0 radical (unpaired) electrons. The molecule has 9 heteroatoms. The summed E-state index contributed by atoms with van der Waals surface area (Å²) in [4.78, 5) is 0. The molecule has 1 aromatic heterocycles. The third kappa shape index (κ3) is 5.69. The number of aromatic amines is 1. The minimum atomic E-state index is -4.67. The Morgan fingerprint density at radius 3 is 2.10 bits per heavy atom. The van der Waals surface area contributed by atoms with E-state index in [1.807, 2.05) is 0 Å². The highest BCUT2D eigenvalue weighted by Gasteiger charge is 2.06. The average molecular weight is 300 g/mol. The van der Waals surface area contributed by atoms with Gasteiger partial charge in [0.2, 0.25) is 0 Å². The van der Waals surface area contributed by atoms with E-state index in [0.29, 0.717) is 11.5 Å². The molecular weight excluding hydrogens is 284 g/mol. The number of aromatic nitrogens is 2. The Bertz CT molecular complexity index is 656. The zero-order valence-electron chi connectivity index (χ0n) is 10.7. The van der Waals surface area contributed by atoms with E-state index in [9.17, 15) is 0 Å². The normalized spacial score (nSPS) is 10.8. The van der Waals surface area contributed by atoms with E-state index in [-0.39, 0.29) is 0 Å². The highest BCUT2D eigenvalue weighted by Crippen LogP contribution is 2.19. The van der Waals surface area contributed by atoms with Crippen molar-refractivity contribution >= 4 is 21.9 Å². The summed E-state index contributed by atoms with van der Waals surface area (Å²) < 4.78 is 31.6. The first-order chi connectivity index (χ1) is 9.16. The zero-order chi connectivity index (χ0) is 15.3. The first-order valence-corrected chi connectivity index (χ1v) is 6.90. The largest absolute Gasteiger partial charge is 0.394 e. The smallest absolute Gasteiger partial charge is 0.394 e. The van der Waals surface area contributed by atoms with Crippen LogP contribution in [0.2, 0.25) is 0 Å². The summed E-state index contributed by atoms with van der Waals surface area (Å²) in [6.45, 7) is 2.06. The van der Waals surface area contributed by atoms with Crippen molar-refractivity contribution in [1.29, 1.82) is 0 Å². The maximum atomic E-state index is 8.74. The molecule has 2 rings (SSSR count). The van der Waals surface area contributed by atoms with Gasteiger partial charge >= 0.3 is 10.4 Å². The molecule has 110 valence electrons. The third-order valence-electron chi connectivity index (χ3n) is 2.41. The number of nitrogens with zero attached hydrogens (tertiary/aromatic N) is 1. The minimum absolute atomic E-state index is 0.372. The second-order valence-corrected chi connectivity index (χ2v) is 5.01. The number of benzene rings is 1. The van der Waals surface area contributed by atoms with Crippen LogP contribution in [0.5, 0.6) is 0 Å². The van der Waals surface area contributed by atoms with E-state index in [2.05, 4.69) is 41.4 Å². The van der Waals surface area contributed by atoms with Gasteiger partial charge in [0.05, 0.1) is 11.4 Å². The van der Waals surface area contributed by atoms with E-state index in [1.54, 1.807) is 0 Å². The molecule has 0 bridgehead atoms. The van der Waals surface area contributed by atoms with Gasteiger partial charge in [0, 0.05) is 6.42 Å². The van der Waals surface area contributed by atoms with Crippen LogP contribution in [0.25, 0.3) is 0 Å². The van der Waals surface area contributed by atoms with Crippen LogP contribution in [-0.2, 0) is 16.8 Å². The average Bonchev–Trinajstić information content (AvgIpc) is 2.62. The number of anilines is 2. The Hall–Kier alpha value is -2.10. The van der Waals surface area contributed by atoms with Gasteiger partial charge in [-0.1, -0.05) is 29.8 Å². The molecule has 0 saturated heterocycles. The molecule has 0 fully saturated rings. The lowest BCUT2D eigenvalue weighted by molar-refractivity contribution is 0.381. The molecule has 20 heavy (non-hydrogen) atoms. The molecule has 0 amide bonds. The molecule has 0 aliphatic rings. The van der Waals surface area contributed by atoms with Crippen LogP contribution in [0, 0.1) is 6.92 Å². The molecule has 0 atom stereocenters. The number of nitrogen functional groups attached to an aromatic ring is 2. The summed E-state index contributed by atoms with van der Waals surface area (Å²) in [6, 6.07) is 8.30. The van der Waals surface area contributed by atoms with Crippen LogP contribution in [0.15, 0.2) is 24.3 Å². The molecule has 8 nitrogen and oxygen atoms in total. The first-order valence-electron chi connectivity index (χ1n) is 5.50. The Balaban J connectivity index is 0.000000347. The van der Waals surface area contributed by atoms with E-state index >= 15 is 0 Å². The van der Waals surface area contributed by atoms with E-state index in [4.69, 9.17) is 29.0 Å². The van der Waals surface area contributed by atoms with Crippen molar-refractivity contribution in [3.8, 4) is 0 Å². The minimum Gasteiger partial charge on any atom is -0.394 e. The summed E-state index contributed by atoms with van der Waals surface area (Å²) >= 11 is 0. The first kappa shape index (κ1) is 16.0. The van der Waals surface area contributed by atoms with Crippen molar-refractivity contribution in [3.63, 3.8) is 0 Å². The van der Waals surface area contributed by atoms with Gasteiger partial charge in [0.1, 0.15) is 0 Å². The number of hydrogen-bond donors (Lipinski definition) is 5. The van der Waals surface area contributed by atoms with Gasteiger partial charge in [-0.05, 0) is 12.5 Å². The van der Waals surface area contributed by atoms with Crippen molar-refractivity contribution in [2.24, 2.45) is 0 Å². The highest BCUT2D eigenvalue weighted by molar-refractivity contribution is 7.79. The predicted octanol–water partition coefficient (Wildman–Crippen LogP) is 0.821. The molecule has 0 saturated carbocycles. The fraction of sp³-hybridized carbons (Fsp3) is 0.182. The molecular formula is C11H16N4O4S.